The van der Waals surface area contributed by atoms with Gasteiger partial charge in [0.1, 0.15) is 30.4 Å². The first-order chi connectivity index (χ1) is 18.4. The lowest BCUT2D eigenvalue weighted by Crippen LogP contribution is -2.60. The second kappa shape index (κ2) is 9.70. The van der Waals surface area contributed by atoms with E-state index in [0.717, 1.165) is 36.9 Å². The normalized spacial score (nSPS) is 17.6. The Hall–Kier alpha value is -3.87. The fraction of sp³-hybridized carbons (Fsp3) is 0.269. The van der Waals surface area contributed by atoms with Crippen molar-refractivity contribution < 1.29 is 36.3 Å². The summed E-state index contributed by atoms with van der Waals surface area (Å²) in [6.07, 6.45) is -3.70. The topological polar surface area (TPSA) is 71.8 Å². The summed E-state index contributed by atoms with van der Waals surface area (Å²) in [7, 11) is 0. The van der Waals surface area contributed by atoms with Crippen molar-refractivity contribution in [2.45, 2.75) is 42.8 Å². The van der Waals surface area contributed by atoms with Crippen LogP contribution in [0.25, 0.3) is 0 Å². The van der Waals surface area contributed by atoms with Gasteiger partial charge in [-0.1, -0.05) is 18.2 Å². The zero-order valence-electron chi connectivity index (χ0n) is 20.5. The highest BCUT2D eigenvalue weighted by atomic mass is 32.2. The highest BCUT2D eigenvalue weighted by molar-refractivity contribution is 7.98. The summed E-state index contributed by atoms with van der Waals surface area (Å²) in [6.45, 7) is 1.07. The number of thioether (sulfide) groups is 1. The highest BCUT2D eigenvalue weighted by Gasteiger charge is 2.48. The van der Waals surface area contributed by atoms with Gasteiger partial charge < -0.3 is 9.64 Å². The number of fused-ring (bicyclic) bond motifs is 3. The Morgan fingerprint density at radius 1 is 1.13 bits per heavy atom. The van der Waals surface area contributed by atoms with Crippen LogP contribution in [0.15, 0.2) is 58.4 Å². The number of aromatic nitrogens is 1. The highest BCUT2D eigenvalue weighted by Crippen LogP contribution is 2.44. The first-order valence-corrected chi connectivity index (χ1v) is 12.6. The van der Waals surface area contributed by atoms with Gasteiger partial charge in [0.15, 0.2) is 5.69 Å². The number of carbonyl (C=O) groups is 2. The van der Waals surface area contributed by atoms with Gasteiger partial charge in [-0.2, -0.15) is 13.2 Å². The van der Waals surface area contributed by atoms with E-state index in [9.17, 15) is 31.9 Å². The van der Waals surface area contributed by atoms with Crippen molar-refractivity contribution in [3.63, 3.8) is 0 Å². The summed E-state index contributed by atoms with van der Waals surface area (Å²) in [6, 6.07) is 5.67. The summed E-state index contributed by atoms with van der Waals surface area (Å²) in [5, 5.41) is 1.27. The van der Waals surface area contributed by atoms with E-state index in [4.69, 9.17) is 4.74 Å². The molecule has 3 aromatic rings. The zero-order chi connectivity index (χ0) is 28.2. The van der Waals surface area contributed by atoms with Crippen LogP contribution in [0.1, 0.15) is 47.1 Å². The summed E-state index contributed by atoms with van der Waals surface area (Å²) < 4.78 is 77.7. The first-order valence-electron chi connectivity index (χ1n) is 11.7. The minimum atomic E-state index is -4.86. The van der Waals surface area contributed by atoms with Crippen molar-refractivity contribution in [3.8, 4) is 5.75 Å². The third-order valence-electron chi connectivity index (χ3n) is 6.63. The number of alkyl halides is 3. The van der Waals surface area contributed by atoms with E-state index in [2.05, 4.69) is 0 Å². The van der Waals surface area contributed by atoms with Crippen LogP contribution in [0.2, 0.25) is 0 Å². The lowest BCUT2D eigenvalue weighted by molar-refractivity contribution is -0.173. The van der Waals surface area contributed by atoms with Gasteiger partial charge >= 0.3 is 12.1 Å². The summed E-state index contributed by atoms with van der Waals surface area (Å²) >= 11 is 1.23. The van der Waals surface area contributed by atoms with Crippen molar-refractivity contribution in [2.24, 2.45) is 0 Å². The number of benzene rings is 2. The number of halogens is 5. The number of carbonyl (C=O) groups excluding carboxylic acids is 2. The van der Waals surface area contributed by atoms with Crippen molar-refractivity contribution in [3.05, 3.63) is 92.9 Å². The molecule has 0 saturated heterocycles. The van der Waals surface area contributed by atoms with E-state index in [1.54, 1.807) is 6.07 Å². The molecule has 2 atom stereocenters. The van der Waals surface area contributed by atoms with Crippen molar-refractivity contribution >= 4 is 23.6 Å². The number of hydrogen-bond acceptors (Lipinski definition) is 6. The van der Waals surface area contributed by atoms with Crippen LogP contribution < -0.4 is 15.2 Å². The maximum Gasteiger partial charge on any atom is 0.408 e. The predicted molar refractivity (Wildman–Crippen MR) is 131 cm³/mol. The van der Waals surface area contributed by atoms with Crippen LogP contribution in [0.4, 0.5) is 22.0 Å². The summed E-state index contributed by atoms with van der Waals surface area (Å²) in [5.74, 6) is -3.91. The molecule has 0 saturated carbocycles. The smallest absolute Gasteiger partial charge is 0.408 e. The van der Waals surface area contributed by atoms with E-state index in [1.165, 1.54) is 41.0 Å². The average molecular weight is 566 g/mol. The fourth-order valence-corrected chi connectivity index (χ4v) is 5.86. The number of nitrogens with zero attached hydrogens (tertiary/aromatic N) is 3. The molecule has 0 spiro atoms. The van der Waals surface area contributed by atoms with Gasteiger partial charge in [-0.05, 0) is 36.2 Å². The third-order valence-corrected chi connectivity index (χ3v) is 7.75. The molecule has 5 rings (SSSR count). The zero-order valence-corrected chi connectivity index (χ0v) is 21.3. The predicted octanol–water partition coefficient (Wildman–Crippen LogP) is 4.75. The fourth-order valence-electron chi connectivity index (χ4n) is 4.76. The monoisotopic (exact) mass is 565 g/mol. The molecule has 39 heavy (non-hydrogen) atoms. The lowest BCUT2D eigenvalue weighted by Gasteiger charge is -2.46. The van der Waals surface area contributed by atoms with E-state index < -0.39 is 65.3 Å². The second-order valence-electron chi connectivity index (χ2n) is 9.06. The first kappa shape index (κ1) is 26.7. The molecule has 0 radical (unpaired) electrons. The van der Waals surface area contributed by atoms with Gasteiger partial charge in [0.05, 0.1) is 0 Å². The van der Waals surface area contributed by atoms with Crippen LogP contribution in [0.5, 0.6) is 5.75 Å². The van der Waals surface area contributed by atoms with Crippen LogP contribution in [0.3, 0.4) is 0 Å². The van der Waals surface area contributed by atoms with E-state index in [-0.39, 0.29) is 11.3 Å². The maximum atomic E-state index is 15.5. The van der Waals surface area contributed by atoms with Crippen LogP contribution >= 0.6 is 11.8 Å². The molecule has 204 valence electrons. The largest absolute Gasteiger partial charge is 0.420 e. The minimum absolute atomic E-state index is 0.114. The molecule has 1 amide bonds. The van der Waals surface area contributed by atoms with Crippen molar-refractivity contribution in [2.75, 3.05) is 11.7 Å². The molecule has 1 aromatic heterocycles. The molecule has 2 aliphatic rings. The van der Waals surface area contributed by atoms with Gasteiger partial charge in [-0.3, -0.25) is 24.1 Å². The van der Waals surface area contributed by atoms with Gasteiger partial charge in [0.25, 0.3) is 5.91 Å². The van der Waals surface area contributed by atoms with E-state index in [1.807, 2.05) is 0 Å². The molecule has 0 unspecified atom stereocenters. The van der Waals surface area contributed by atoms with Crippen LogP contribution in [0, 0.1) is 11.6 Å². The molecule has 0 bridgehead atoms. The van der Waals surface area contributed by atoms with Crippen LogP contribution in [-0.4, -0.2) is 40.3 Å². The molecule has 13 heteroatoms. The molecule has 2 aromatic carbocycles. The number of hydrogen-bond donors (Lipinski definition) is 0. The molecule has 0 N–H and O–H groups in total. The molecule has 7 nitrogen and oxygen atoms in total. The lowest BCUT2D eigenvalue weighted by atomic mass is 9.93. The Bertz CT molecular complexity index is 1560. The average Bonchev–Trinajstić information content (AvgIpc) is 3.02. The number of esters is 1. The van der Waals surface area contributed by atoms with Crippen LogP contribution in [-0.2, 0) is 10.5 Å². The SMILES string of the molecule is CC(=O)Oc1c2n(ccc1=O)N([C@H]1c3ccc(F)cc3SCc3cccc(F)c31)CN([C@H](C)C(F)(F)F)C2=O. The van der Waals surface area contributed by atoms with Gasteiger partial charge in [-0.15, -0.1) is 11.8 Å². The Labute approximate surface area is 222 Å². The summed E-state index contributed by atoms with van der Waals surface area (Å²) in [5.41, 5.74) is -0.534. The number of amides is 1. The van der Waals surface area contributed by atoms with Crippen molar-refractivity contribution in [1.29, 1.82) is 0 Å². The molecule has 2 aliphatic heterocycles. The Morgan fingerprint density at radius 3 is 2.56 bits per heavy atom. The Morgan fingerprint density at radius 2 is 1.87 bits per heavy atom. The number of rotatable bonds is 3. The van der Waals surface area contributed by atoms with Gasteiger partial charge in [0.2, 0.25) is 11.2 Å². The molecular weight excluding hydrogens is 545 g/mol. The Balaban J connectivity index is 1.83. The number of pyridine rings is 1. The minimum Gasteiger partial charge on any atom is -0.420 e. The third kappa shape index (κ3) is 4.64. The van der Waals surface area contributed by atoms with Gasteiger partial charge in [0, 0.05) is 35.4 Å². The number of ether oxygens (including phenoxy) is 1. The summed E-state index contributed by atoms with van der Waals surface area (Å²) in [4.78, 5) is 38.8. The standard InChI is InChI=1S/C26H20F5N3O4S/c1-13(26(29,30)31)32-12-34(33-9-8-19(36)24(38-14(2)35)23(33)25(32)37)22-17-7-6-16(27)10-20(17)39-11-15-4-3-5-18(28)21(15)22/h3-10,13,22H,11-12H2,1-2H3/t13-,22+/m1/s1. The molecule has 0 aliphatic carbocycles. The quantitative estimate of drug-likeness (QED) is 0.337. The Kier molecular flexibility index (Phi) is 6.65. The second-order valence-corrected chi connectivity index (χ2v) is 10.1. The van der Waals surface area contributed by atoms with Crippen molar-refractivity contribution in [1.82, 2.24) is 9.58 Å². The van der Waals surface area contributed by atoms with Gasteiger partial charge in [-0.25, -0.2) is 8.78 Å². The molecule has 3 heterocycles. The molecule has 0 fully saturated rings. The maximum absolute atomic E-state index is 15.5. The van der Waals surface area contributed by atoms with E-state index >= 15 is 4.39 Å². The van der Waals surface area contributed by atoms with E-state index in [0.29, 0.717) is 20.9 Å². The molecular formula is C26H20F5N3O4S.